The normalized spacial score (nSPS) is 22.1. The Morgan fingerprint density at radius 2 is 2.14 bits per heavy atom. The minimum atomic E-state index is -0.252. The summed E-state index contributed by atoms with van der Waals surface area (Å²) < 4.78 is 10.7. The van der Waals surface area contributed by atoms with Crippen molar-refractivity contribution in [2.45, 2.75) is 45.8 Å². The first-order valence-electron chi connectivity index (χ1n) is 7.44. The third kappa shape index (κ3) is 4.74. The van der Waals surface area contributed by atoms with Crippen molar-refractivity contribution >= 4 is 5.97 Å². The van der Waals surface area contributed by atoms with E-state index in [1.54, 1.807) is 0 Å². The first-order chi connectivity index (χ1) is 9.87. The van der Waals surface area contributed by atoms with Gasteiger partial charge in [0.1, 0.15) is 17.9 Å². The highest BCUT2D eigenvalue weighted by molar-refractivity contribution is 5.76. The van der Waals surface area contributed by atoms with Crippen LogP contribution in [0.2, 0.25) is 0 Å². The largest absolute Gasteiger partial charge is 0.489 e. The minimum absolute atomic E-state index is 0.0130. The zero-order valence-corrected chi connectivity index (χ0v) is 13.3. The molecule has 1 N–H and O–H groups in total. The lowest BCUT2D eigenvalue weighted by Crippen LogP contribution is -2.31. The second-order valence-corrected chi connectivity index (χ2v) is 6.84. The van der Waals surface area contributed by atoms with Crippen molar-refractivity contribution in [2.24, 2.45) is 5.41 Å². The number of nitrogens with one attached hydrogen (secondary N) is 1. The van der Waals surface area contributed by atoms with Crippen LogP contribution in [0.3, 0.4) is 0 Å². The second kappa shape index (κ2) is 6.48. The molecule has 116 valence electrons. The highest BCUT2D eigenvalue weighted by Gasteiger charge is 2.31. The van der Waals surface area contributed by atoms with Gasteiger partial charge in [0.05, 0.1) is 7.11 Å². The number of carbonyl (C=O) groups excluding carboxylic acids is 1. The number of ether oxygens (including phenoxy) is 2. The molecular formula is C17H25NO3. The van der Waals surface area contributed by atoms with Crippen LogP contribution in [-0.2, 0) is 16.0 Å². The van der Waals surface area contributed by atoms with Crippen molar-refractivity contribution in [1.82, 2.24) is 5.32 Å². The zero-order chi connectivity index (χ0) is 15.5. The molecule has 2 unspecified atom stereocenters. The van der Waals surface area contributed by atoms with E-state index < -0.39 is 0 Å². The fourth-order valence-electron chi connectivity index (χ4n) is 2.65. The molecule has 1 aliphatic heterocycles. The van der Waals surface area contributed by atoms with Gasteiger partial charge in [-0.2, -0.15) is 0 Å². The van der Waals surface area contributed by atoms with Crippen LogP contribution in [0, 0.1) is 5.41 Å². The van der Waals surface area contributed by atoms with E-state index >= 15 is 0 Å². The van der Waals surface area contributed by atoms with E-state index in [9.17, 15) is 4.79 Å². The summed E-state index contributed by atoms with van der Waals surface area (Å²) in [5, 5.41) is 3.13. The van der Waals surface area contributed by atoms with E-state index in [1.807, 2.05) is 12.1 Å². The Hall–Kier alpha value is -1.55. The molecule has 0 aliphatic carbocycles. The van der Waals surface area contributed by atoms with Gasteiger partial charge in [0.25, 0.3) is 0 Å². The third-order valence-electron chi connectivity index (χ3n) is 3.51. The Balaban J connectivity index is 1.95. The average Bonchev–Trinajstić information content (AvgIpc) is 2.84. The summed E-state index contributed by atoms with van der Waals surface area (Å²) in [5.74, 6) is 0.650. The number of esters is 1. The topological polar surface area (TPSA) is 47.6 Å². The van der Waals surface area contributed by atoms with Crippen LogP contribution in [0.25, 0.3) is 0 Å². The van der Waals surface area contributed by atoms with E-state index in [0.29, 0.717) is 13.0 Å². The minimum Gasteiger partial charge on any atom is -0.489 e. The number of hydrogen-bond donors (Lipinski definition) is 1. The Labute approximate surface area is 126 Å². The first kappa shape index (κ1) is 15.8. The van der Waals surface area contributed by atoms with Gasteiger partial charge in [-0.25, -0.2) is 0 Å². The van der Waals surface area contributed by atoms with Crippen LogP contribution in [0.1, 0.15) is 32.8 Å². The maximum atomic E-state index is 11.5. The van der Waals surface area contributed by atoms with Gasteiger partial charge in [-0.3, -0.25) is 4.79 Å². The summed E-state index contributed by atoms with van der Waals surface area (Å²) >= 11 is 0. The van der Waals surface area contributed by atoms with Gasteiger partial charge in [0.15, 0.2) is 0 Å². The molecule has 4 nitrogen and oxygen atoms in total. The maximum Gasteiger partial charge on any atom is 0.323 e. The monoisotopic (exact) mass is 291 g/mol. The lowest BCUT2D eigenvalue weighted by atomic mass is 9.88. The van der Waals surface area contributed by atoms with E-state index in [4.69, 9.17) is 9.47 Å². The molecule has 0 bridgehead atoms. The van der Waals surface area contributed by atoms with Crippen LogP contribution >= 0.6 is 0 Å². The highest BCUT2D eigenvalue weighted by atomic mass is 16.5. The highest BCUT2D eigenvalue weighted by Crippen LogP contribution is 2.24. The van der Waals surface area contributed by atoms with Crippen molar-refractivity contribution in [3.63, 3.8) is 0 Å². The van der Waals surface area contributed by atoms with Gasteiger partial charge >= 0.3 is 5.97 Å². The summed E-state index contributed by atoms with van der Waals surface area (Å²) in [5.41, 5.74) is 1.53. The molecule has 0 radical (unpaired) electrons. The van der Waals surface area contributed by atoms with Crippen LogP contribution in [-0.4, -0.2) is 31.8 Å². The molecule has 1 aliphatic rings. The quantitative estimate of drug-likeness (QED) is 0.866. The van der Waals surface area contributed by atoms with E-state index in [2.05, 4.69) is 38.2 Å². The summed E-state index contributed by atoms with van der Waals surface area (Å²) in [4.78, 5) is 11.5. The molecular weight excluding hydrogens is 266 g/mol. The van der Waals surface area contributed by atoms with Gasteiger partial charge in [0, 0.05) is 13.0 Å². The number of benzene rings is 1. The molecule has 21 heavy (non-hydrogen) atoms. The molecule has 0 spiro atoms. The van der Waals surface area contributed by atoms with E-state index in [-0.39, 0.29) is 23.5 Å². The number of rotatable bonds is 4. The Morgan fingerprint density at radius 3 is 2.81 bits per heavy atom. The Bertz CT molecular complexity index is 493. The third-order valence-corrected chi connectivity index (χ3v) is 3.51. The molecule has 1 aromatic carbocycles. The average molecular weight is 291 g/mol. The predicted molar refractivity (Wildman–Crippen MR) is 82.4 cm³/mol. The number of hydrogen-bond acceptors (Lipinski definition) is 4. The number of carbonyl (C=O) groups is 1. The lowest BCUT2D eigenvalue weighted by Gasteiger charge is -2.19. The molecule has 0 saturated carbocycles. The Morgan fingerprint density at radius 1 is 1.38 bits per heavy atom. The molecule has 0 aromatic heterocycles. The fourth-order valence-corrected chi connectivity index (χ4v) is 2.65. The van der Waals surface area contributed by atoms with Crippen molar-refractivity contribution in [1.29, 1.82) is 0 Å². The van der Waals surface area contributed by atoms with Crippen molar-refractivity contribution in [3.05, 3.63) is 29.8 Å². The van der Waals surface area contributed by atoms with E-state index in [1.165, 1.54) is 12.7 Å². The zero-order valence-electron chi connectivity index (χ0n) is 13.3. The van der Waals surface area contributed by atoms with Crippen LogP contribution in [0.4, 0.5) is 0 Å². The van der Waals surface area contributed by atoms with Crippen molar-refractivity contribution < 1.29 is 14.3 Å². The molecule has 0 amide bonds. The molecule has 2 rings (SSSR count). The van der Waals surface area contributed by atoms with Crippen molar-refractivity contribution in [2.75, 3.05) is 13.7 Å². The smallest absolute Gasteiger partial charge is 0.323 e. The Kier molecular flexibility index (Phi) is 4.88. The van der Waals surface area contributed by atoms with Gasteiger partial charge in [-0.15, -0.1) is 0 Å². The second-order valence-electron chi connectivity index (χ2n) is 6.84. The molecule has 2 atom stereocenters. The predicted octanol–water partition coefficient (Wildman–Crippen LogP) is 2.56. The van der Waals surface area contributed by atoms with Crippen LogP contribution in [0.5, 0.6) is 5.75 Å². The van der Waals surface area contributed by atoms with Crippen LogP contribution in [0.15, 0.2) is 24.3 Å². The van der Waals surface area contributed by atoms with Gasteiger partial charge < -0.3 is 14.8 Å². The molecule has 1 fully saturated rings. The fraction of sp³-hybridized carbons (Fsp3) is 0.588. The van der Waals surface area contributed by atoms with Gasteiger partial charge in [0.2, 0.25) is 0 Å². The standard InChI is InChI=1S/C17H25NO3/c1-17(2,3)10-12-6-5-7-13(8-12)21-14-9-15(18-11-14)16(19)20-4/h5-8,14-15,18H,9-11H2,1-4H3. The molecule has 1 saturated heterocycles. The summed E-state index contributed by atoms with van der Waals surface area (Å²) in [6.07, 6.45) is 1.67. The molecule has 1 aromatic rings. The SMILES string of the molecule is COC(=O)C1CC(Oc2cccc(CC(C)(C)C)c2)CN1. The molecule has 4 heteroatoms. The van der Waals surface area contributed by atoms with Gasteiger partial charge in [-0.1, -0.05) is 32.9 Å². The number of methoxy groups -OCH3 is 1. The lowest BCUT2D eigenvalue weighted by molar-refractivity contribution is -0.142. The summed E-state index contributed by atoms with van der Waals surface area (Å²) in [7, 11) is 1.41. The molecule has 1 heterocycles. The van der Waals surface area contributed by atoms with Crippen molar-refractivity contribution in [3.8, 4) is 5.75 Å². The van der Waals surface area contributed by atoms with Gasteiger partial charge in [-0.05, 0) is 29.5 Å². The van der Waals surface area contributed by atoms with E-state index in [0.717, 1.165) is 12.2 Å². The summed E-state index contributed by atoms with van der Waals surface area (Å²) in [6, 6.07) is 7.96. The maximum absolute atomic E-state index is 11.5. The van der Waals surface area contributed by atoms with Crippen LogP contribution < -0.4 is 10.1 Å². The first-order valence-corrected chi connectivity index (χ1v) is 7.44. The summed E-state index contributed by atoms with van der Waals surface area (Å²) in [6.45, 7) is 7.34.